The molecule has 0 saturated carbocycles. The van der Waals surface area contributed by atoms with Crippen molar-refractivity contribution in [1.29, 1.82) is 0 Å². The molecule has 0 aromatic carbocycles. The number of unbranched alkanes of at least 4 members (excludes halogenated alkanes) is 3. The van der Waals surface area contributed by atoms with Crippen molar-refractivity contribution in [3.8, 4) is 0 Å². The van der Waals surface area contributed by atoms with Gasteiger partial charge in [0, 0.05) is 79.0 Å². The largest absolute Gasteiger partial charge is 0.354 e. The van der Waals surface area contributed by atoms with E-state index in [0.717, 1.165) is 58.2 Å². The molecule has 3 aromatic rings. The Labute approximate surface area is 452 Å². The van der Waals surface area contributed by atoms with Gasteiger partial charge in [-0.05, 0) is 193 Å². The van der Waals surface area contributed by atoms with E-state index >= 15 is 0 Å². The van der Waals surface area contributed by atoms with Crippen LogP contribution in [0.1, 0.15) is 179 Å². The van der Waals surface area contributed by atoms with Crippen LogP contribution in [-0.4, -0.2) is 124 Å². The van der Waals surface area contributed by atoms with Gasteiger partial charge in [-0.1, -0.05) is 38.5 Å². The fourth-order valence-corrected chi connectivity index (χ4v) is 13.5. The molecule has 3 saturated heterocycles. The van der Waals surface area contributed by atoms with Gasteiger partial charge in [-0.25, -0.2) is 0 Å². The Morgan fingerprint density at radius 1 is 0.370 bits per heavy atom. The Morgan fingerprint density at radius 3 is 0.932 bits per heavy atom. The van der Waals surface area contributed by atoms with Crippen LogP contribution >= 0.6 is 34.8 Å². The monoisotopic (exact) mass is 1070 g/mol. The summed E-state index contributed by atoms with van der Waals surface area (Å²) in [5.41, 5.74) is 0.889. The zero-order chi connectivity index (χ0) is 53.1. The summed E-state index contributed by atoms with van der Waals surface area (Å²) in [4.78, 5) is 42.6. The van der Waals surface area contributed by atoms with Gasteiger partial charge in [0.2, 0.25) is 51.5 Å². The molecule has 410 valence electrons. The summed E-state index contributed by atoms with van der Waals surface area (Å²) in [7, 11) is 0. The molecule has 73 heavy (non-hydrogen) atoms. The number of nitrogens with zero attached hydrogens (tertiary/aromatic N) is 10. The first kappa shape index (κ1) is 58.8. The van der Waals surface area contributed by atoms with E-state index in [9.17, 15) is 0 Å². The molecule has 0 unspecified atom stereocenters. The highest BCUT2D eigenvalue weighted by atomic mass is 35.5. The highest BCUT2D eigenvalue weighted by molar-refractivity contribution is 6.29. The lowest BCUT2D eigenvalue weighted by molar-refractivity contribution is 0.121. The summed E-state index contributed by atoms with van der Waals surface area (Å²) < 4.78 is 0. The zero-order valence-corrected chi connectivity index (χ0v) is 48.7. The molecule has 0 atom stereocenters. The van der Waals surface area contributed by atoms with Crippen molar-refractivity contribution < 1.29 is 0 Å². The average Bonchev–Trinajstić information content (AvgIpc) is 3.22. The van der Waals surface area contributed by atoms with Gasteiger partial charge in [-0.2, -0.15) is 44.9 Å². The predicted octanol–water partition coefficient (Wildman–Crippen LogP) is 10.6. The zero-order valence-electron chi connectivity index (χ0n) is 46.4. The molecule has 3 aliphatic rings. The van der Waals surface area contributed by atoms with Crippen LogP contribution in [0.5, 0.6) is 0 Å². The van der Waals surface area contributed by atoms with Gasteiger partial charge in [-0.3, -0.25) is 0 Å². The summed E-state index contributed by atoms with van der Waals surface area (Å²) in [6.45, 7) is 31.7. The van der Waals surface area contributed by atoms with Crippen LogP contribution in [0.4, 0.5) is 35.7 Å². The number of anilines is 6. The lowest BCUT2D eigenvalue weighted by Gasteiger charge is -2.46. The molecule has 21 heteroatoms. The molecule has 3 aromatic heterocycles. The average molecular weight is 1070 g/mol. The topological polar surface area (TPSA) is 215 Å². The second-order valence-corrected chi connectivity index (χ2v) is 26.4. The highest BCUT2D eigenvalue weighted by Gasteiger charge is 2.39. The molecular formula is C52H91Cl3N18. The Balaban J connectivity index is 1.03. The fourth-order valence-electron chi connectivity index (χ4n) is 13.0. The van der Waals surface area contributed by atoms with E-state index in [2.05, 4.69) is 165 Å². The highest BCUT2D eigenvalue weighted by Crippen LogP contribution is 2.38. The molecule has 6 heterocycles. The minimum absolute atomic E-state index is 0.101. The Morgan fingerprint density at radius 2 is 0.630 bits per heavy atom. The summed E-state index contributed by atoms with van der Waals surface area (Å²) >= 11 is 19.5. The summed E-state index contributed by atoms with van der Waals surface area (Å²) in [6, 6.07) is 0. The molecule has 3 fully saturated rings. The molecule has 18 nitrogen and oxygen atoms in total. The number of rotatable bonds is 27. The number of piperidine rings is 3. The van der Waals surface area contributed by atoms with Gasteiger partial charge in [-0.15, -0.1) is 0 Å². The van der Waals surface area contributed by atoms with Crippen LogP contribution in [0, 0.1) is 17.8 Å². The lowest BCUT2D eigenvalue weighted by atomic mass is 9.74. The van der Waals surface area contributed by atoms with E-state index in [4.69, 9.17) is 39.8 Å². The summed E-state index contributed by atoms with van der Waals surface area (Å²) in [5.74, 6) is 4.55. The Bertz CT molecular complexity index is 2050. The van der Waals surface area contributed by atoms with Gasteiger partial charge >= 0.3 is 0 Å². The van der Waals surface area contributed by atoms with Crippen molar-refractivity contribution in [3.05, 3.63) is 15.9 Å². The van der Waals surface area contributed by atoms with Crippen molar-refractivity contribution in [3.63, 3.8) is 0 Å². The normalized spacial score (nSPS) is 20.3. The maximum Gasteiger partial charge on any atom is 0.231 e. The van der Waals surface area contributed by atoms with Crippen LogP contribution in [0.25, 0.3) is 0 Å². The van der Waals surface area contributed by atoms with Gasteiger partial charge in [0.1, 0.15) is 0 Å². The molecule has 0 amide bonds. The minimum Gasteiger partial charge on any atom is -0.354 e. The third-order valence-corrected chi connectivity index (χ3v) is 14.7. The fraction of sp³-hybridized carbons (Fsp3) is 0.827. The predicted molar refractivity (Wildman–Crippen MR) is 303 cm³/mol. The minimum atomic E-state index is 0.101. The van der Waals surface area contributed by atoms with E-state index in [0.29, 0.717) is 79.6 Å². The van der Waals surface area contributed by atoms with Gasteiger partial charge < -0.3 is 47.4 Å². The van der Waals surface area contributed by atoms with Crippen LogP contribution in [0.15, 0.2) is 0 Å². The maximum atomic E-state index is 6.60. The van der Waals surface area contributed by atoms with Crippen molar-refractivity contribution in [2.45, 2.75) is 213 Å². The van der Waals surface area contributed by atoms with Crippen molar-refractivity contribution >= 4 is 70.5 Å². The SMILES string of the molecule is CC1(C)CC(CCCCNc2nc(Cl)nc(NCCN(CCNc3nc(Cl)nc(NCCCCC4CC(C)(C)NC(C)(C)C4)n3)c3nc(Cl)nc(NCCCCC4CC(C)(C)NC(C)(C)C4)n3)n2)CC(C)(C)N1. The van der Waals surface area contributed by atoms with Crippen molar-refractivity contribution in [1.82, 2.24) is 60.8 Å². The first-order valence-electron chi connectivity index (χ1n) is 27.3. The van der Waals surface area contributed by atoms with Gasteiger partial charge in [0.25, 0.3) is 0 Å². The van der Waals surface area contributed by atoms with Crippen LogP contribution < -0.4 is 47.4 Å². The first-order valence-corrected chi connectivity index (χ1v) is 28.4. The van der Waals surface area contributed by atoms with E-state index in [1.54, 1.807) is 0 Å². The molecule has 6 rings (SSSR count). The summed E-state index contributed by atoms with van der Waals surface area (Å²) in [5, 5.41) is 28.5. The number of hydrogen-bond acceptors (Lipinski definition) is 18. The van der Waals surface area contributed by atoms with Crippen molar-refractivity contribution in [2.75, 3.05) is 77.3 Å². The van der Waals surface area contributed by atoms with E-state index in [1.165, 1.54) is 57.8 Å². The molecule has 0 radical (unpaired) electrons. The summed E-state index contributed by atoms with van der Waals surface area (Å²) in [6.07, 6.45) is 17.1. The quantitative estimate of drug-likeness (QED) is 0.0333. The maximum absolute atomic E-state index is 6.60. The second-order valence-electron chi connectivity index (χ2n) is 25.3. The van der Waals surface area contributed by atoms with Crippen LogP contribution in [-0.2, 0) is 0 Å². The van der Waals surface area contributed by atoms with Gasteiger partial charge in [0.05, 0.1) is 0 Å². The van der Waals surface area contributed by atoms with Crippen molar-refractivity contribution in [2.24, 2.45) is 17.8 Å². The first-order chi connectivity index (χ1) is 34.2. The third-order valence-electron chi connectivity index (χ3n) is 14.2. The Kier molecular flexibility index (Phi) is 20.6. The third kappa shape index (κ3) is 20.9. The molecule has 0 bridgehead atoms. The number of nitrogens with one attached hydrogen (secondary N) is 8. The van der Waals surface area contributed by atoms with Crippen LogP contribution in [0.3, 0.4) is 0 Å². The molecule has 8 N–H and O–H groups in total. The number of hydrogen-bond donors (Lipinski definition) is 8. The lowest BCUT2D eigenvalue weighted by Crippen LogP contribution is -2.57. The van der Waals surface area contributed by atoms with E-state index < -0.39 is 0 Å². The molecule has 3 aliphatic heterocycles. The number of aromatic nitrogens is 9. The van der Waals surface area contributed by atoms with E-state index in [-0.39, 0.29) is 49.1 Å². The standard InChI is InChI=1S/C52H91Cl3N18/c1-47(2)29-35(30-48(3,4)70-47)19-13-16-22-56-41-61-38(53)63-43(67-41)59-25-27-73(46-66-40(55)65-45(69-46)58-24-18-15-21-37-33-51(9,10)72-52(11,12)34-37)28-26-60-44-64-39(54)62-42(68-44)57-23-17-14-20-36-31-49(5,6)71-50(7,8)32-36/h35-37,70-72H,13-34H2,1-12H3,(H,58,65,66,69)(H2,56,59,61,63,67)(H2,57,60,62,64,68). The molecule has 0 aliphatic carbocycles. The smallest absolute Gasteiger partial charge is 0.231 e. The van der Waals surface area contributed by atoms with Gasteiger partial charge in [0.15, 0.2) is 0 Å². The molecule has 0 spiro atoms. The second kappa shape index (κ2) is 25.6. The van der Waals surface area contributed by atoms with Crippen LogP contribution in [0.2, 0.25) is 15.9 Å². The van der Waals surface area contributed by atoms with E-state index in [1.807, 2.05) is 4.90 Å². The Hall–Kier alpha value is -3.42. The molecular weight excluding hydrogens is 983 g/mol. The number of halogens is 3.